The third-order valence-electron chi connectivity index (χ3n) is 8.84. The van der Waals surface area contributed by atoms with E-state index in [1.165, 1.54) is 4.90 Å². The molecule has 0 spiro atoms. The first-order chi connectivity index (χ1) is 20.3. The molecule has 210 valence electrons. The van der Waals surface area contributed by atoms with Gasteiger partial charge in [-0.15, -0.1) is 0 Å². The van der Waals surface area contributed by atoms with E-state index in [0.717, 1.165) is 28.2 Å². The number of anilines is 1. The van der Waals surface area contributed by atoms with Gasteiger partial charge in [-0.1, -0.05) is 56.1 Å². The Kier molecular flexibility index (Phi) is 6.82. The predicted octanol–water partition coefficient (Wildman–Crippen LogP) is 7.00. The second-order valence-corrected chi connectivity index (χ2v) is 13.0. The normalized spacial score (nSPS) is 22.6. The summed E-state index contributed by atoms with van der Waals surface area (Å²) in [6.07, 6.45) is 3.06. The van der Waals surface area contributed by atoms with Crippen LogP contribution in [0.25, 0.3) is 22.2 Å². The van der Waals surface area contributed by atoms with Gasteiger partial charge in [0.25, 0.3) is 0 Å². The van der Waals surface area contributed by atoms with Gasteiger partial charge in [0, 0.05) is 25.5 Å². The molecule has 4 unspecified atom stereocenters. The molecule has 1 saturated heterocycles. The average molecular weight is 688 g/mol. The highest BCUT2D eigenvalue weighted by atomic mass is 79.9. The van der Waals surface area contributed by atoms with Gasteiger partial charge < -0.3 is 4.74 Å². The molecule has 7 rings (SSSR count). The molecule has 3 aliphatic rings. The van der Waals surface area contributed by atoms with Crippen LogP contribution in [0.4, 0.5) is 5.69 Å². The number of nitrogens with zero attached hydrogens (tertiary/aromatic N) is 2. The molecule has 4 aromatic rings. The van der Waals surface area contributed by atoms with Crippen LogP contribution in [0.2, 0.25) is 0 Å². The number of rotatable bonds is 6. The van der Waals surface area contributed by atoms with Crippen molar-refractivity contribution in [1.29, 1.82) is 0 Å². The molecule has 3 aromatic carbocycles. The number of Topliss-reactive ketones (excluding diaryl/α,β-unsaturated/α-hetero) is 1. The van der Waals surface area contributed by atoms with E-state index in [1.54, 1.807) is 66.7 Å². The quantitative estimate of drug-likeness (QED) is 0.123. The topological polar surface area (TPSA) is 93.6 Å². The zero-order valence-electron chi connectivity index (χ0n) is 22.3. The second kappa shape index (κ2) is 10.5. The predicted molar refractivity (Wildman–Crippen MR) is 164 cm³/mol. The number of ketones is 1. The van der Waals surface area contributed by atoms with Crippen molar-refractivity contribution < 1.29 is 23.9 Å². The number of halogens is 2. The Morgan fingerprint density at radius 1 is 0.833 bits per heavy atom. The monoisotopic (exact) mass is 686 g/mol. The highest BCUT2D eigenvalue weighted by Crippen LogP contribution is 2.56. The number of amides is 2. The van der Waals surface area contributed by atoms with Crippen LogP contribution in [-0.2, 0) is 14.3 Å². The van der Waals surface area contributed by atoms with Crippen LogP contribution < -0.4 is 4.90 Å². The molecule has 0 N–H and O–H groups in total. The molecule has 1 aliphatic heterocycles. The number of carbonyl (C=O) groups excluding carboxylic acids is 4. The zero-order valence-corrected chi connectivity index (χ0v) is 25.4. The number of imide groups is 1. The molecule has 7 nitrogen and oxygen atoms in total. The zero-order chi connectivity index (χ0) is 29.1. The largest absolute Gasteiger partial charge is 0.454 e. The average Bonchev–Trinajstić information content (AvgIpc) is 3.69. The number of benzene rings is 3. The van der Waals surface area contributed by atoms with E-state index in [0.29, 0.717) is 45.2 Å². The van der Waals surface area contributed by atoms with Crippen molar-refractivity contribution in [3.05, 3.63) is 92.9 Å². The van der Waals surface area contributed by atoms with Gasteiger partial charge in [-0.2, -0.15) is 0 Å². The van der Waals surface area contributed by atoms with E-state index in [4.69, 9.17) is 9.72 Å². The minimum absolute atomic E-state index is 0.0814. The summed E-state index contributed by atoms with van der Waals surface area (Å²) in [6, 6.07) is 21.0. The number of ether oxygens (including phenoxy) is 1. The van der Waals surface area contributed by atoms with E-state index >= 15 is 0 Å². The van der Waals surface area contributed by atoms with E-state index in [1.807, 2.05) is 6.07 Å². The van der Waals surface area contributed by atoms with Gasteiger partial charge in [0.1, 0.15) is 0 Å². The van der Waals surface area contributed by atoms with Crippen LogP contribution in [-0.4, -0.2) is 35.2 Å². The third kappa shape index (κ3) is 4.59. The smallest absolute Gasteiger partial charge is 0.339 e. The van der Waals surface area contributed by atoms with Gasteiger partial charge in [-0.3, -0.25) is 19.3 Å². The Morgan fingerprint density at radius 2 is 1.48 bits per heavy atom. The molecule has 2 aliphatic carbocycles. The van der Waals surface area contributed by atoms with Gasteiger partial charge in [0.2, 0.25) is 11.8 Å². The molecule has 9 heteroatoms. The lowest BCUT2D eigenvalue weighted by Crippen LogP contribution is -2.32. The van der Waals surface area contributed by atoms with Crippen LogP contribution in [0.3, 0.4) is 0 Å². The maximum absolute atomic E-state index is 13.3. The second-order valence-electron chi connectivity index (χ2n) is 11.2. The van der Waals surface area contributed by atoms with Crippen LogP contribution in [0.5, 0.6) is 0 Å². The number of carbonyl (C=O) groups is 4. The van der Waals surface area contributed by atoms with Crippen LogP contribution in [0.1, 0.15) is 40.0 Å². The molecule has 0 radical (unpaired) electrons. The molecular formula is C33H24Br2N2O5. The number of hydrogen-bond acceptors (Lipinski definition) is 6. The molecular weight excluding hydrogens is 664 g/mol. The molecule has 2 saturated carbocycles. The number of aromatic nitrogens is 1. The molecule has 4 atom stereocenters. The Balaban J connectivity index is 1.16. The SMILES string of the molecule is O=C(COC(=O)c1cc(-c2ccc(N3C(=O)C4C5CCC(C5)C4C3=O)cc2)nc2ccc(Br)cc12)c1ccc(Br)cc1. The lowest BCUT2D eigenvalue weighted by Gasteiger charge is -2.19. The van der Waals surface area contributed by atoms with E-state index < -0.39 is 12.6 Å². The first-order valence-corrected chi connectivity index (χ1v) is 15.4. The summed E-state index contributed by atoms with van der Waals surface area (Å²) in [5, 5.41) is 0.584. The molecule has 2 heterocycles. The summed E-state index contributed by atoms with van der Waals surface area (Å²) in [5.41, 5.74) is 3.09. The van der Waals surface area contributed by atoms with Crippen molar-refractivity contribution in [2.45, 2.75) is 19.3 Å². The summed E-state index contributed by atoms with van der Waals surface area (Å²) in [7, 11) is 0. The first-order valence-electron chi connectivity index (χ1n) is 13.8. The van der Waals surface area contributed by atoms with Crippen molar-refractivity contribution in [3.63, 3.8) is 0 Å². The van der Waals surface area contributed by atoms with E-state index in [-0.39, 0.29) is 35.0 Å². The van der Waals surface area contributed by atoms with E-state index in [2.05, 4.69) is 31.9 Å². The highest BCUT2D eigenvalue weighted by Gasteiger charge is 2.61. The number of pyridine rings is 1. The molecule has 1 aromatic heterocycles. The standard InChI is InChI=1S/C33H24Br2N2O5/c34-21-7-3-18(4-8-21)28(38)16-42-33(41)25-15-27(36-26-12-9-22(35)14-24(25)26)17-5-10-23(11-6-17)37-31(39)29-19-1-2-20(13-19)30(29)32(37)40/h3-12,14-15,19-20,29-30H,1-2,13,16H2. The lowest BCUT2D eigenvalue weighted by molar-refractivity contribution is -0.123. The number of fused-ring (bicyclic) bond motifs is 6. The van der Waals surface area contributed by atoms with Crippen molar-refractivity contribution >= 4 is 72.0 Å². The van der Waals surface area contributed by atoms with Gasteiger partial charge >= 0.3 is 5.97 Å². The molecule has 2 amide bonds. The molecule has 42 heavy (non-hydrogen) atoms. The maximum Gasteiger partial charge on any atom is 0.339 e. The van der Waals surface area contributed by atoms with Crippen molar-refractivity contribution in [1.82, 2.24) is 4.98 Å². The van der Waals surface area contributed by atoms with Crippen LogP contribution in [0.15, 0.2) is 81.7 Å². The van der Waals surface area contributed by atoms with Crippen molar-refractivity contribution in [2.75, 3.05) is 11.5 Å². The Morgan fingerprint density at radius 3 is 2.14 bits per heavy atom. The fourth-order valence-corrected chi connectivity index (χ4v) is 7.51. The minimum Gasteiger partial charge on any atom is -0.454 e. The Hall–Kier alpha value is -3.69. The summed E-state index contributed by atoms with van der Waals surface area (Å²) >= 11 is 6.81. The van der Waals surface area contributed by atoms with Crippen LogP contribution in [0, 0.1) is 23.7 Å². The fraction of sp³-hybridized carbons (Fsp3) is 0.242. The summed E-state index contributed by atoms with van der Waals surface area (Å²) < 4.78 is 7.07. The third-order valence-corrected chi connectivity index (χ3v) is 9.86. The fourth-order valence-electron chi connectivity index (χ4n) is 6.89. The van der Waals surface area contributed by atoms with Gasteiger partial charge in [-0.25, -0.2) is 9.78 Å². The Bertz CT molecular complexity index is 1760. The summed E-state index contributed by atoms with van der Waals surface area (Å²) in [5.74, 6) is -0.822. The lowest BCUT2D eigenvalue weighted by atomic mass is 9.81. The molecule has 2 bridgehead atoms. The van der Waals surface area contributed by atoms with E-state index in [9.17, 15) is 19.2 Å². The summed E-state index contributed by atoms with van der Waals surface area (Å²) in [4.78, 5) is 58.6. The Labute approximate surface area is 258 Å². The minimum atomic E-state index is -0.640. The maximum atomic E-state index is 13.3. The van der Waals surface area contributed by atoms with Crippen molar-refractivity contribution in [3.8, 4) is 11.3 Å². The molecule has 3 fully saturated rings. The summed E-state index contributed by atoms with van der Waals surface area (Å²) in [6.45, 7) is -0.399. The number of esters is 1. The first kappa shape index (κ1) is 27.2. The highest BCUT2D eigenvalue weighted by molar-refractivity contribution is 9.10. The van der Waals surface area contributed by atoms with Crippen LogP contribution >= 0.6 is 31.9 Å². The van der Waals surface area contributed by atoms with Gasteiger partial charge in [0.15, 0.2) is 12.4 Å². The van der Waals surface area contributed by atoms with Gasteiger partial charge in [0.05, 0.1) is 34.3 Å². The van der Waals surface area contributed by atoms with Crippen molar-refractivity contribution in [2.24, 2.45) is 23.7 Å². The van der Waals surface area contributed by atoms with Gasteiger partial charge in [-0.05, 0) is 79.6 Å². The number of hydrogen-bond donors (Lipinski definition) is 0.